The number of nitriles is 1. The summed E-state index contributed by atoms with van der Waals surface area (Å²) in [6.45, 7) is 3.88. The molecule has 0 bridgehead atoms. The highest BCUT2D eigenvalue weighted by Gasteiger charge is 2.42. The predicted molar refractivity (Wildman–Crippen MR) is 105 cm³/mol. The minimum atomic E-state index is -0.897. The Kier molecular flexibility index (Phi) is 5.55. The molecule has 0 aromatic heterocycles. The molecule has 0 aliphatic carbocycles. The van der Waals surface area contributed by atoms with Crippen LogP contribution in [0.25, 0.3) is 0 Å². The summed E-state index contributed by atoms with van der Waals surface area (Å²) in [5.74, 6) is -1.18. The Balaban J connectivity index is 1.84. The third kappa shape index (κ3) is 3.79. The zero-order chi connectivity index (χ0) is 20.3. The van der Waals surface area contributed by atoms with Gasteiger partial charge in [-0.05, 0) is 42.2 Å². The normalized spacial score (nSPS) is 14.0. The van der Waals surface area contributed by atoms with Crippen LogP contribution in [0.15, 0.2) is 48.5 Å². The van der Waals surface area contributed by atoms with Crippen molar-refractivity contribution in [3.05, 3.63) is 65.2 Å². The largest absolute Gasteiger partial charge is 0.324 e. The molecule has 6 heteroatoms. The van der Waals surface area contributed by atoms with Crippen molar-refractivity contribution in [3.8, 4) is 6.07 Å². The molecule has 1 aliphatic heterocycles. The minimum absolute atomic E-state index is 0.109. The zero-order valence-electron chi connectivity index (χ0n) is 15.8. The van der Waals surface area contributed by atoms with Gasteiger partial charge in [-0.15, -0.1) is 0 Å². The third-order valence-corrected chi connectivity index (χ3v) is 4.64. The van der Waals surface area contributed by atoms with Crippen molar-refractivity contribution < 1.29 is 14.4 Å². The van der Waals surface area contributed by atoms with Gasteiger partial charge in [0, 0.05) is 5.69 Å². The lowest BCUT2D eigenvalue weighted by molar-refractivity contribution is -0.120. The first-order valence-electron chi connectivity index (χ1n) is 9.16. The van der Waals surface area contributed by atoms with Crippen molar-refractivity contribution in [1.82, 2.24) is 4.90 Å². The topological polar surface area (TPSA) is 90.3 Å². The number of imide groups is 1. The van der Waals surface area contributed by atoms with Crippen LogP contribution in [-0.4, -0.2) is 28.7 Å². The number of carbonyl (C=O) groups excluding carboxylic acids is 3. The van der Waals surface area contributed by atoms with Gasteiger partial charge in [-0.1, -0.05) is 38.1 Å². The number of benzene rings is 2. The second-order valence-corrected chi connectivity index (χ2v) is 7.19. The van der Waals surface area contributed by atoms with E-state index in [9.17, 15) is 14.4 Å². The summed E-state index contributed by atoms with van der Waals surface area (Å²) >= 11 is 0. The second-order valence-electron chi connectivity index (χ2n) is 7.19. The van der Waals surface area contributed by atoms with Crippen LogP contribution in [0.2, 0.25) is 0 Å². The monoisotopic (exact) mass is 375 g/mol. The maximum Gasteiger partial charge on any atom is 0.262 e. The average Bonchev–Trinajstić information content (AvgIpc) is 2.92. The zero-order valence-corrected chi connectivity index (χ0v) is 15.8. The molecule has 0 saturated heterocycles. The molecule has 0 radical (unpaired) electrons. The lowest BCUT2D eigenvalue weighted by atomic mass is 10.0. The second kappa shape index (κ2) is 8.05. The standard InChI is InChI=1S/C22H21N3O3/c1-14(2)13-19(20(26)24-16-9-7-15(8-10-16)11-12-23)25-21(27)17-5-3-4-6-18(17)22(25)28/h3-10,14,19H,11,13H2,1-2H3,(H,24,26). The minimum Gasteiger partial charge on any atom is -0.324 e. The van der Waals surface area contributed by atoms with Gasteiger partial charge in [-0.25, -0.2) is 0 Å². The molecule has 1 unspecified atom stereocenters. The summed E-state index contributed by atoms with van der Waals surface area (Å²) in [6, 6.07) is 14.7. The van der Waals surface area contributed by atoms with Crippen molar-refractivity contribution in [2.45, 2.75) is 32.7 Å². The first kappa shape index (κ1) is 19.3. The summed E-state index contributed by atoms with van der Waals surface area (Å²) in [5.41, 5.74) is 2.06. The van der Waals surface area contributed by atoms with Gasteiger partial charge in [-0.3, -0.25) is 19.3 Å². The van der Waals surface area contributed by atoms with Crippen molar-refractivity contribution in [1.29, 1.82) is 5.26 Å². The Morgan fingerprint density at radius 2 is 1.61 bits per heavy atom. The Morgan fingerprint density at radius 1 is 1.04 bits per heavy atom. The van der Waals surface area contributed by atoms with Gasteiger partial charge in [0.2, 0.25) is 5.91 Å². The van der Waals surface area contributed by atoms with Crippen LogP contribution in [0.4, 0.5) is 5.69 Å². The number of hydrogen-bond acceptors (Lipinski definition) is 4. The fourth-order valence-electron chi connectivity index (χ4n) is 3.29. The molecule has 0 fully saturated rings. The highest BCUT2D eigenvalue weighted by Crippen LogP contribution is 2.27. The molecule has 28 heavy (non-hydrogen) atoms. The van der Waals surface area contributed by atoms with Gasteiger partial charge in [0.05, 0.1) is 23.6 Å². The Labute approximate surface area is 163 Å². The molecule has 1 aliphatic rings. The average molecular weight is 375 g/mol. The van der Waals surface area contributed by atoms with Gasteiger partial charge in [0.1, 0.15) is 6.04 Å². The number of amides is 3. The van der Waals surface area contributed by atoms with Crippen molar-refractivity contribution in [2.75, 3.05) is 5.32 Å². The van der Waals surface area contributed by atoms with E-state index in [2.05, 4.69) is 11.4 Å². The number of hydrogen-bond donors (Lipinski definition) is 1. The van der Waals surface area contributed by atoms with Gasteiger partial charge in [0.15, 0.2) is 0 Å². The molecule has 1 atom stereocenters. The van der Waals surface area contributed by atoms with Crippen LogP contribution < -0.4 is 5.32 Å². The van der Waals surface area contributed by atoms with E-state index in [1.165, 1.54) is 0 Å². The fraction of sp³-hybridized carbons (Fsp3) is 0.273. The highest BCUT2D eigenvalue weighted by atomic mass is 16.2. The first-order valence-corrected chi connectivity index (χ1v) is 9.16. The molecule has 1 N–H and O–H groups in total. The Bertz CT molecular complexity index is 923. The summed E-state index contributed by atoms with van der Waals surface area (Å²) in [5, 5.41) is 11.5. The molecule has 0 spiro atoms. The molecule has 2 aromatic rings. The molecular weight excluding hydrogens is 354 g/mol. The summed E-state index contributed by atoms with van der Waals surface area (Å²) < 4.78 is 0. The number of rotatable bonds is 6. The van der Waals surface area contributed by atoms with Crippen molar-refractivity contribution >= 4 is 23.4 Å². The maximum atomic E-state index is 13.0. The third-order valence-electron chi connectivity index (χ3n) is 4.64. The predicted octanol–water partition coefficient (Wildman–Crippen LogP) is 3.40. The quantitative estimate of drug-likeness (QED) is 0.784. The van der Waals surface area contributed by atoms with E-state index in [0.29, 0.717) is 29.7 Å². The van der Waals surface area contributed by atoms with Crippen LogP contribution in [0.3, 0.4) is 0 Å². The van der Waals surface area contributed by atoms with Gasteiger partial charge < -0.3 is 5.32 Å². The smallest absolute Gasteiger partial charge is 0.262 e. The molecule has 142 valence electrons. The summed E-state index contributed by atoms with van der Waals surface area (Å²) in [4.78, 5) is 39.6. The van der Waals surface area contributed by atoms with Crippen molar-refractivity contribution in [2.24, 2.45) is 5.92 Å². The molecule has 6 nitrogen and oxygen atoms in total. The van der Waals surface area contributed by atoms with E-state index in [0.717, 1.165) is 10.5 Å². The summed E-state index contributed by atoms with van der Waals surface area (Å²) in [7, 11) is 0. The van der Waals surface area contributed by atoms with Gasteiger partial charge >= 0.3 is 0 Å². The van der Waals surface area contributed by atoms with Crippen molar-refractivity contribution in [3.63, 3.8) is 0 Å². The number of nitrogens with zero attached hydrogens (tertiary/aromatic N) is 2. The van der Waals surface area contributed by atoms with E-state index in [1.54, 1.807) is 48.5 Å². The van der Waals surface area contributed by atoms with Crippen LogP contribution in [0.5, 0.6) is 0 Å². The van der Waals surface area contributed by atoms with E-state index in [4.69, 9.17) is 5.26 Å². The number of anilines is 1. The van der Waals surface area contributed by atoms with E-state index in [-0.39, 0.29) is 5.92 Å². The van der Waals surface area contributed by atoms with Gasteiger partial charge in [-0.2, -0.15) is 5.26 Å². The Morgan fingerprint density at radius 3 is 2.11 bits per heavy atom. The SMILES string of the molecule is CC(C)CC(C(=O)Nc1ccc(CC#N)cc1)N1C(=O)c2ccccc2C1=O. The van der Waals surface area contributed by atoms with Gasteiger partial charge in [0.25, 0.3) is 11.8 Å². The van der Waals surface area contributed by atoms with E-state index < -0.39 is 23.8 Å². The molecule has 3 amide bonds. The van der Waals surface area contributed by atoms with Crippen LogP contribution in [-0.2, 0) is 11.2 Å². The van der Waals surface area contributed by atoms with Crippen LogP contribution >= 0.6 is 0 Å². The lowest BCUT2D eigenvalue weighted by Gasteiger charge is -2.26. The molecule has 2 aromatic carbocycles. The van der Waals surface area contributed by atoms with E-state index in [1.807, 2.05) is 13.8 Å². The molecule has 0 saturated carbocycles. The fourth-order valence-corrected chi connectivity index (χ4v) is 3.29. The molecule has 1 heterocycles. The molecule has 3 rings (SSSR count). The maximum absolute atomic E-state index is 13.0. The lowest BCUT2D eigenvalue weighted by Crippen LogP contribution is -2.47. The number of nitrogens with one attached hydrogen (secondary N) is 1. The number of fused-ring (bicyclic) bond motifs is 1. The summed E-state index contributed by atoms with van der Waals surface area (Å²) in [6.07, 6.45) is 0.656. The molecular formula is C22H21N3O3. The Hall–Kier alpha value is -3.46. The van der Waals surface area contributed by atoms with Crippen LogP contribution in [0, 0.1) is 17.2 Å². The first-order chi connectivity index (χ1) is 13.4. The number of carbonyl (C=O) groups is 3. The highest BCUT2D eigenvalue weighted by molar-refractivity contribution is 6.23. The van der Waals surface area contributed by atoms with Crippen LogP contribution in [0.1, 0.15) is 46.5 Å². The van der Waals surface area contributed by atoms with E-state index >= 15 is 0 Å².